The number of hydrogen-bond donors (Lipinski definition) is 2. The second kappa shape index (κ2) is 4.26. The third kappa shape index (κ3) is 2.05. The minimum Gasteiger partial charge on any atom is -0.396 e. The van der Waals surface area contributed by atoms with Crippen LogP contribution >= 0.6 is 0 Å². The zero-order valence-electron chi connectivity index (χ0n) is 8.44. The van der Waals surface area contributed by atoms with Crippen molar-refractivity contribution >= 4 is 0 Å². The van der Waals surface area contributed by atoms with Crippen molar-refractivity contribution in [1.82, 2.24) is 5.32 Å². The van der Waals surface area contributed by atoms with Gasteiger partial charge in [0.1, 0.15) is 0 Å². The molecule has 0 bridgehead atoms. The first-order valence-electron chi connectivity index (χ1n) is 5.16. The van der Waals surface area contributed by atoms with Gasteiger partial charge in [-0.25, -0.2) is 0 Å². The first kappa shape index (κ1) is 9.90. The number of morpholine rings is 1. The van der Waals surface area contributed by atoms with Crippen molar-refractivity contribution in [3.8, 4) is 0 Å². The van der Waals surface area contributed by atoms with Crippen LogP contribution in [0.25, 0.3) is 0 Å². The first-order valence-corrected chi connectivity index (χ1v) is 5.16. The Labute approximate surface area is 84.5 Å². The van der Waals surface area contributed by atoms with Crippen molar-refractivity contribution in [3.05, 3.63) is 23.8 Å². The quantitative estimate of drug-likeness (QED) is 0.678. The van der Waals surface area contributed by atoms with Gasteiger partial charge in [0.2, 0.25) is 0 Å². The van der Waals surface area contributed by atoms with E-state index in [9.17, 15) is 0 Å². The standard InChI is InChI=1S/C11H17NO2/c1-8-2-3-10-11(6-8)14-9(4-5-13)7-12-10/h2-3,6,9-13H,4-5,7H2,1H3/t9-,10?,11?/m1/s1. The summed E-state index contributed by atoms with van der Waals surface area (Å²) in [5.41, 5.74) is 1.25. The lowest BCUT2D eigenvalue weighted by Gasteiger charge is -2.36. The minimum absolute atomic E-state index is 0.144. The molecule has 0 spiro atoms. The number of ether oxygens (including phenoxy) is 1. The van der Waals surface area contributed by atoms with Crippen molar-refractivity contribution in [2.24, 2.45) is 0 Å². The number of aliphatic hydroxyl groups excluding tert-OH is 1. The van der Waals surface area contributed by atoms with Crippen molar-refractivity contribution in [2.45, 2.75) is 31.6 Å². The summed E-state index contributed by atoms with van der Waals surface area (Å²) in [5, 5.41) is 12.2. The molecule has 0 radical (unpaired) electrons. The molecule has 1 heterocycles. The van der Waals surface area contributed by atoms with Crippen LogP contribution in [-0.4, -0.2) is 36.5 Å². The number of rotatable bonds is 2. The van der Waals surface area contributed by atoms with Crippen LogP contribution in [0.4, 0.5) is 0 Å². The average Bonchev–Trinajstić information content (AvgIpc) is 2.17. The molecule has 3 nitrogen and oxygen atoms in total. The van der Waals surface area contributed by atoms with E-state index >= 15 is 0 Å². The van der Waals surface area contributed by atoms with E-state index in [1.165, 1.54) is 5.57 Å². The van der Waals surface area contributed by atoms with E-state index in [2.05, 4.69) is 30.5 Å². The Kier molecular flexibility index (Phi) is 3.01. The zero-order chi connectivity index (χ0) is 9.97. The SMILES string of the molecule is CC1=CC2O[C@H](CCO)CNC2C=C1. The Bertz CT molecular complexity index is 260. The molecule has 1 aliphatic heterocycles. The van der Waals surface area contributed by atoms with E-state index in [1.807, 2.05) is 0 Å². The highest BCUT2D eigenvalue weighted by molar-refractivity contribution is 5.27. The van der Waals surface area contributed by atoms with Gasteiger partial charge in [0, 0.05) is 13.2 Å². The molecule has 3 atom stereocenters. The predicted molar refractivity (Wildman–Crippen MR) is 55.1 cm³/mol. The van der Waals surface area contributed by atoms with Gasteiger partial charge in [-0.15, -0.1) is 0 Å². The molecule has 3 heteroatoms. The van der Waals surface area contributed by atoms with Crippen LogP contribution in [0.3, 0.4) is 0 Å². The number of allylic oxidation sites excluding steroid dienone is 2. The zero-order valence-corrected chi connectivity index (χ0v) is 8.44. The number of aliphatic hydroxyl groups is 1. The van der Waals surface area contributed by atoms with Crippen LogP contribution in [-0.2, 0) is 4.74 Å². The van der Waals surface area contributed by atoms with Crippen LogP contribution in [0.5, 0.6) is 0 Å². The predicted octanol–water partition coefficient (Wildman–Crippen LogP) is 0.610. The van der Waals surface area contributed by atoms with E-state index in [4.69, 9.17) is 9.84 Å². The maximum Gasteiger partial charge on any atom is 0.0954 e. The van der Waals surface area contributed by atoms with E-state index < -0.39 is 0 Å². The molecule has 0 aromatic carbocycles. The molecule has 2 unspecified atom stereocenters. The third-order valence-corrected chi connectivity index (χ3v) is 2.73. The highest BCUT2D eigenvalue weighted by atomic mass is 16.5. The number of fused-ring (bicyclic) bond motifs is 1. The lowest BCUT2D eigenvalue weighted by atomic mass is 9.98. The molecule has 0 aromatic heterocycles. The number of hydrogen-bond acceptors (Lipinski definition) is 3. The molecule has 2 aliphatic rings. The van der Waals surface area contributed by atoms with Gasteiger partial charge in [0.15, 0.2) is 0 Å². The van der Waals surface area contributed by atoms with Gasteiger partial charge < -0.3 is 15.2 Å². The Morgan fingerprint density at radius 1 is 1.64 bits per heavy atom. The molecule has 0 saturated carbocycles. The molecular weight excluding hydrogens is 178 g/mol. The molecule has 1 fully saturated rings. The molecule has 0 aromatic rings. The molecule has 1 aliphatic carbocycles. The monoisotopic (exact) mass is 195 g/mol. The maximum atomic E-state index is 8.83. The van der Waals surface area contributed by atoms with Gasteiger partial charge in [-0.3, -0.25) is 0 Å². The molecule has 78 valence electrons. The fourth-order valence-electron chi connectivity index (χ4n) is 1.94. The normalized spacial score (nSPS) is 36.4. The smallest absolute Gasteiger partial charge is 0.0954 e. The topological polar surface area (TPSA) is 41.5 Å². The Morgan fingerprint density at radius 3 is 3.29 bits per heavy atom. The molecule has 14 heavy (non-hydrogen) atoms. The van der Waals surface area contributed by atoms with Gasteiger partial charge in [-0.05, 0) is 13.3 Å². The summed E-state index contributed by atoms with van der Waals surface area (Å²) in [4.78, 5) is 0. The van der Waals surface area contributed by atoms with Crippen molar-refractivity contribution in [2.75, 3.05) is 13.2 Å². The fourth-order valence-corrected chi connectivity index (χ4v) is 1.94. The van der Waals surface area contributed by atoms with E-state index in [0.29, 0.717) is 12.5 Å². The van der Waals surface area contributed by atoms with Crippen LogP contribution in [0, 0.1) is 0 Å². The van der Waals surface area contributed by atoms with Crippen LogP contribution in [0.2, 0.25) is 0 Å². The van der Waals surface area contributed by atoms with Gasteiger partial charge in [0.05, 0.1) is 18.2 Å². The van der Waals surface area contributed by atoms with Crippen molar-refractivity contribution in [1.29, 1.82) is 0 Å². The molecule has 2 rings (SSSR count). The molecule has 0 amide bonds. The Morgan fingerprint density at radius 2 is 2.50 bits per heavy atom. The second-order valence-electron chi connectivity index (χ2n) is 3.94. The maximum absolute atomic E-state index is 8.83. The van der Waals surface area contributed by atoms with Crippen molar-refractivity contribution in [3.63, 3.8) is 0 Å². The average molecular weight is 195 g/mol. The summed E-state index contributed by atoms with van der Waals surface area (Å²) < 4.78 is 5.85. The molecule has 1 saturated heterocycles. The van der Waals surface area contributed by atoms with Gasteiger partial charge in [0.25, 0.3) is 0 Å². The van der Waals surface area contributed by atoms with E-state index in [1.54, 1.807) is 0 Å². The summed E-state index contributed by atoms with van der Waals surface area (Å²) >= 11 is 0. The second-order valence-corrected chi connectivity index (χ2v) is 3.94. The van der Waals surface area contributed by atoms with Crippen LogP contribution in [0.15, 0.2) is 23.8 Å². The third-order valence-electron chi connectivity index (χ3n) is 2.73. The van der Waals surface area contributed by atoms with Crippen molar-refractivity contribution < 1.29 is 9.84 Å². The fraction of sp³-hybridized carbons (Fsp3) is 0.636. The lowest BCUT2D eigenvalue weighted by Crippen LogP contribution is -2.51. The summed E-state index contributed by atoms with van der Waals surface area (Å²) in [6.45, 7) is 3.10. The highest BCUT2D eigenvalue weighted by Crippen LogP contribution is 2.19. The summed E-state index contributed by atoms with van der Waals surface area (Å²) in [5.74, 6) is 0. The van der Waals surface area contributed by atoms with Crippen LogP contribution in [0.1, 0.15) is 13.3 Å². The van der Waals surface area contributed by atoms with Gasteiger partial charge in [-0.1, -0.05) is 23.8 Å². The minimum atomic E-state index is 0.144. The van der Waals surface area contributed by atoms with Crippen LogP contribution < -0.4 is 5.32 Å². The summed E-state index contributed by atoms with van der Waals surface area (Å²) in [6.07, 6.45) is 7.41. The summed E-state index contributed by atoms with van der Waals surface area (Å²) in [7, 11) is 0. The number of nitrogens with one attached hydrogen (secondary N) is 1. The van der Waals surface area contributed by atoms with Gasteiger partial charge in [-0.2, -0.15) is 0 Å². The highest BCUT2D eigenvalue weighted by Gasteiger charge is 2.28. The largest absolute Gasteiger partial charge is 0.396 e. The molecule has 2 N–H and O–H groups in total. The lowest BCUT2D eigenvalue weighted by molar-refractivity contribution is -0.0388. The Balaban J connectivity index is 1.98. The summed E-state index contributed by atoms with van der Waals surface area (Å²) in [6, 6.07) is 0.314. The van der Waals surface area contributed by atoms with Gasteiger partial charge >= 0.3 is 0 Å². The molecular formula is C11H17NO2. The van der Waals surface area contributed by atoms with E-state index in [-0.39, 0.29) is 18.8 Å². The first-order chi connectivity index (χ1) is 6.79. The Hall–Kier alpha value is -0.640. The van der Waals surface area contributed by atoms with E-state index in [0.717, 1.165) is 6.54 Å².